The highest BCUT2D eigenvalue weighted by Crippen LogP contribution is 2.20. The lowest BCUT2D eigenvalue weighted by molar-refractivity contribution is 0.155. The van der Waals surface area contributed by atoms with Crippen molar-refractivity contribution in [1.29, 1.82) is 0 Å². The number of benzene rings is 2. The average molecular weight is 311 g/mol. The van der Waals surface area contributed by atoms with Crippen LogP contribution >= 0.6 is 0 Å². The molecule has 3 aromatic rings. The third-order valence-corrected chi connectivity index (χ3v) is 3.17. The van der Waals surface area contributed by atoms with Gasteiger partial charge in [0.15, 0.2) is 0 Å². The van der Waals surface area contributed by atoms with Crippen molar-refractivity contribution < 1.29 is 19.1 Å². The van der Waals surface area contributed by atoms with Gasteiger partial charge in [-0.05, 0) is 23.8 Å². The number of phenols is 1. The molecule has 3 rings (SSSR count). The maximum absolute atomic E-state index is 11.8. The van der Waals surface area contributed by atoms with Crippen molar-refractivity contribution in [1.82, 2.24) is 0 Å². The average Bonchev–Trinajstić information content (AvgIpc) is 2.55. The largest absolute Gasteiger partial charge is 0.508 e. The minimum atomic E-state index is -0.751. The Morgan fingerprint density at radius 1 is 1.13 bits per heavy atom. The lowest BCUT2D eigenvalue weighted by atomic mass is 10.2. The summed E-state index contributed by atoms with van der Waals surface area (Å²) in [6.45, 7) is 0.0967. The fourth-order valence-electron chi connectivity index (χ4n) is 2.06. The van der Waals surface area contributed by atoms with Gasteiger partial charge in [-0.15, -0.1) is 0 Å². The first-order valence-corrected chi connectivity index (χ1v) is 6.86. The van der Waals surface area contributed by atoms with Crippen LogP contribution in [0.4, 0.5) is 10.5 Å². The van der Waals surface area contributed by atoms with Crippen LogP contribution in [0.5, 0.6) is 5.75 Å². The van der Waals surface area contributed by atoms with Crippen molar-refractivity contribution in [3.63, 3.8) is 0 Å². The number of ether oxygens (including phenoxy) is 1. The number of amides is 1. The number of rotatable bonds is 3. The van der Waals surface area contributed by atoms with E-state index in [9.17, 15) is 14.7 Å². The number of anilines is 1. The number of phenolic OH excluding ortho intramolecular Hbond substituents is 1. The number of aromatic hydroxyl groups is 1. The van der Waals surface area contributed by atoms with E-state index in [1.54, 1.807) is 6.07 Å². The van der Waals surface area contributed by atoms with Crippen LogP contribution in [0.15, 0.2) is 63.8 Å². The number of carbonyl (C=O) groups excluding carboxylic acids is 1. The zero-order valence-electron chi connectivity index (χ0n) is 12.0. The van der Waals surface area contributed by atoms with Gasteiger partial charge in [0, 0.05) is 11.5 Å². The second-order valence-corrected chi connectivity index (χ2v) is 4.86. The Balaban J connectivity index is 1.73. The van der Waals surface area contributed by atoms with E-state index in [1.165, 1.54) is 18.2 Å². The van der Waals surface area contributed by atoms with Gasteiger partial charge in [-0.3, -0.25) is 5.32 Å². The van der Waals surface area contributed by atoms with Crippen LogP contribution < -0.4 is 10.9 Å². The quantitative estimate of drug-likeness (QED) is 0.725. The summed E-state index contributed by atoms with van der Waals surface area (Å²) in [5.41, 5.74) is 0.322. The number of hydrogen-bond donors (Lipinski definition) is 2. The Kier molecular flexibility index (Phi) is 3.97. The van der Waals surface area contributed by atoms with Crippen LogP contribution in [0, 0.1) is 0 Å². The van der Waals surface area contributed by atoms with Crippen LogP contribution in [-0.2, 0) is 11.3 Å². The molecular weight excluding hydrogens is 298 g/mol. The fraction of sp³-hybridized carbons (Fsp3) is 0.0588. The smallest absolute Gasteiger partial charge is 0.412 e. The molecule has 6 heteroatoms. The minimum absolute atomic E-state index is 0.0105. The van der Waals surface area contributed by atoms with Gasteiger partial charge >= 0.3 is 11.7 Å². The molecule has 0 aliphatic carbocycles. The maximum atomic E-state index is 11.8. The van der Waals surface area contributed by atoms with Gasteiger partial charge in [0.2, 0.25) is 0 Å². The summed E-state index contributed by atoms with van der Waals surface area (Å²) in [6.07, 6.45) is -0.751. The van der Waals surface area contributed by atoms with Crippen molar-refractivity contribution in [2.24, 2.45) is 0 Å². The first-order valence-electron chi connectivity index (χ1n) is 6.86. The first kappa shape index (κ1) is 14.6. The number of fused-ring (bicyclic) bond motifs is 1. The molecule has 1 amide bonds. The van der Waals surface area contributed by atoms with Crippen LogP contribution in [0.3, 0.4) is 0 Å². The van der Waals surface area contributed by atoms with Gasteiger partial charge in [-0.1, -0.05) is 30.3 Å². The Morgan fingerprint density at radius 2 is 1.91 bits per heavy atom. The highest BCUT2D eigenvalue weighted by molar-refractivity contribution is 5.88. The molecule has 0 aliphatic rings. The predicted octanol–water partition coefficient (Wildman–Crippen LogP) is 3.25. The molecule has 0 aliphatic heterocycles. The van der Waals surface area contributed by atoms with Crippen molar-refractivity contribution >= 4 is 22.7 Å². The van der Waals surface area contributed by atoms with Gasteiger partial charge in [0.1, 0.15) is 23.6 Å². The summed E-state index contributed by atoms with van der Waals surface area (Å²) in [6, 6.07) is 15.0. The van der Waals surface area contributed by atoms with Crippen molar-refractivity contribution in [3.05, 3.63) is 70.6 Å². The first-order chi connectivity index (χ1) is 11.1. The summed E-state index contributed by atoms with van der Waals surface area (Å²) >= 11 is 0. The predicted molar refractivity (Wildman–Crippen MR) is 84.4 cm³/mol. The molecule has 116 valence electrons. The molecule has 0 atom stereocenters. The molecule has 6 nitrogen and oxygen atoms in total. The molecule has 0 saturated carbocycles. The van der Waals surface area contributed by atoms with E-state index in [0.29, 0.717) is 5.39 Å². The van der Waals surface area contributed by atoms with Crippen molar-refractivity contribution in [3.8, 4) is 5.75 Å². The highest BCUT2D eigenvalue weighted by Gasteiger charge is 2.10. The molecule has 2 N–H and O–H groups in total. The highest BCUT2D eigenvalue weighted by atomic mass is 16.5. The van der Waals surface area contributed by atoms with Crippen LogP contribution in [0.1, 0.15) is 5.56 Å². The molecule has 0 saturated heterocycles. The Hall–Kier alpha value is -3.28. The van der Waals surface area contributed by atoms with Gasteiger partial charge < -0.3 is 14.3 Å². The zero-order valence-corrected chi connectivity index (χ0v) is 12.0. The molecule has 1 heterocycles. The lowest BCUT2D eigenvalue weighted by Crippen LogP contribution is -2.18. The summed E-state index contributed by atoms with van der Waals surface area (Å²) in [4.78, 5) is 23.6. The summed E-state index contributed by atoms with van der Waals surface area (Å²) in [7, 11) is 0. The Labute approximate surface area is 130 Å². The number of hydrogen-bond acceptors (Lipinski definition) is 5. The maximum Gasteiger partial charge on any atom is 0.412 e. The third kappa shape index (κ3) is 3.49. The second kappa shape index (κ2) is 6.23. The normalized spacial score (nSPS) is 10.4. The number of carbonyl (C=O) groups is 1. The van der Waals surface area contributed by atoms with E-state index in [1.807, 2.05) is 30.3 Å². The van der Waals surface area contributed by atoms with E-state index in [4.69, 9.17) is 9.15 Å². The SMILES string of the molecule is O=C(Nc1cc2ccc(O)cc2oc1=O)OCc1ccccc1. The Morgan fingerprint density at radius 3 is 2.70 bits per heavy atom. The molecule has 1 aromatic heterocycles. The molecule has 2 aromatic carbocycles. The van der Waals surface area contributed by atoms with Gasteiger partial charge in [-0.2, -0.15) is 0 Å². The van der Waals surface area contributed by atoms with E-state index in [-0.39, 0.29) is 23.6 Å². The van der Waals surface area contributed by atoms with E-state index in [2.05, 4.69) is 5.32 Å². The monoisotopic (exact) mass is 311 g/mol. The van der Waals surface area contributed by atoms with Crippen LogP contribution in [-0.4, -0.2) is 11.2 Å². The fourth-order valence-corrected chi connectivity index (χ4v) is 2.06. The molecule has 23 heavy (non-hydrogen) atoms. The Bertz CT molecular complexity index is 902. The van der Waals surface area contributed by atoms with E-state index >= 15 is 0 Å². The van der Waals surface area contributed by atoms with Gasteiger partial charge in [0.25, 0.3) is 0 Å². The van der Waals surface area contributed by atoms with E-state index < -0.39 is 11.7 Å². The third-order valence-electron chi connectivity index (χ3n) is 3.17. The standard InChI is InChI=1S/C17H13NO5/c19-13-7-6-12-8-14(16(20)23-15(12)9-13)18-17(21)22-10-11-4-2-1-3-5-11/h1-9,19H,10H2,(H,18,21). The van der Waals surface area contributed by atoms with Gasteiger partial charge in [0.05, 0.1) is 0 Å². The van der Waals surface area contributed by atoms with Crippen LogP contribution in [0.2, 0.25) is 0 Å². The molecule has 0 spiro atoms. The van der Waals surface area contributed by atoms with Crippen LogP contribution in [0.25, 0.3) is 11.0 Å². The molecule has 0 radical (unpaired) electrons. The topological polar surface area (TPSA) is 88.8 Å². The van der Waals surface area contributed by atoms with E-state index in [0.717, 1.165) is 5.56 Å². The second-order valence-electron chi connectivity index (χ2n) is 4.86. The van der Waals surface area contributed by atoms with Crippen molar-refractivity contribution in [2.45, 2.75) is 6.61 Å². The summed E-state index contributed by atoms with van der Waals surface area (Å²) in [5, 5.41) is 12.3. The molecular formula is C17H13NO5. The zero-order chi connectivity index (χ0) is 16.2. The lowest BCUT2D eigenvalue weighted by Gasteiger charge is -2.07. The molecule has 0 bridgehead atoms. The van der Waals surface area contributed by atoms with Crippen molar-refractivity contribution in [2.75, 3.05) is 5.32 Å². The summed E-state index contributed by atoms with van der Waals surface area (Å²) < 4.78 is 10.1. The van der Waals surface area contributed by atoms with Gasteiger partial charge in [-0.25, -0.2) is 9.59 Å². The number of nitrogens with one attached hydrogen (secondary N) is 1. The molecule has 0 fully saturated rings. The minimum Gasteiger partial charge on any atom is -0.508 e. The summed E-state index contributed by atoms with van der Waals surface area (Å²) in [5.74, 6) is -0.0105. The molecule has 0 unspecified atom stereocenters.